The van der Waals surface area contributed by atoms with Crippen LogP contribution in [0.5, 0.6) is 0 Å². The quantitative estimate of drug-likeness (QED) is 0.125. The molecule has 1 N–H and O–H groups in total. The van der Waals surface area contributed by atoms with E-state index in [1.807, 2.05) is 23.9 Å². The monoisotopic (exact) mass is 493 g/mol. The molecular formula is C24H35N3O2S3. The number of aromatic nitrogens is 1. The Morgan fingerprint density at radius 2 is 1.97 bits per heavy atom. The Balaban J connectivity index is 2.00. The molecule has 5 nitrogen and oxygen atoms in total. The first-order valence-electron chi connectivity index (χ1n) is 11.1. The summed E-state index contributed by atoms with van der Waals surface area (Å²) < 4.78 is -0.0714. The van der Waals surface area contributed by atoms with Gasteiger partial charge in [0, 0.05) is 29.8 Å². The van der Waals surface area contributed by atoms with Gasteiger partial charge in [0.2, 0.25) is 0 Å². The summed E-state index contributed by atoms with van der Waals surface area (Å²) in [7, 11) is 0. The van der Waals surface area contributed by atoms with E-state index in [9.17, 15) is 9.90 Å². The molecule has 1 aromatic heterocycles. The summed E-state index contributed by atoms with van der Waals surface area (Å²) in [6, 6.07) is 8.21. The van der Waals surface area contributed by atoms with Crippen molar-refractivity contribution in [3.63, 3.8) is 0 Å². The fourth-order valence-corrected chi connectivity index (χ4v) is 5.77. The van der Waals surface area contributed by atoms with Crippen LogP contribution in [0.15, 0.2) is 43.9 Å². The van der Waals surface area contributed by atoms with Crippen LogP contribution in [0.4, 0.5) is 5.69 Å². The van der Waals surface area contributed by atoms with Gasteiger partial charge in [0.15, 0.2) is 4.34 Å². The third kappa shape index (κ3) is 9.16. The van der Waals surface area contributed by atoms with Gasteiger partial charge in [0.1, 0.15) is 4.75 Å². The Kier molecular flexibility index (Phi) is 11.6. The van der Waals surface area contributed by atoms with E-state index in [1.165, 1.54) is 53.7 Å². The number of thioether (sulfide) groups is 2. The second kappa shape index (κ2) is 13.9. The Morgan fingerprint density at radius 1 is 1.22 bits per heavy atom. The van der Waals surface area contributed by atoms with E-state index in [1.54, 1.807) is 25.6 Å². The zero-order valence-electron chi connectivity index (χ0n) is 19.5. The number of aliphatic carboxylic acids is 1. The summed E-state index contributed by atoms with van der Waals surface area (Å²) in [5.41, 5.74) is 2.01. The number of para-hydroxylation sites is 1. The van der Waals surface area contributed by atoms with E-state index in [-0.39, 0.29) is 0 Å². The number of aliphatic imine (C=N–C) groups is 1. The Bertz CT molecular complexity index is 868. The van der Waals surface area contributed by atoms with Gasteiger partial charge < -0.3 is 10.0 Å². The average Bonchev–Trinajstić information content (AvgIpc) is 3.21. The number of hydrogen-bond donors (Lipinski definition) is 1. The molecular weight excluding hydrogens is 458 g/mol. The lowest BCUT2D eigenvalue weighted by atomic mass is 10.1. The molecule has 0 aliphatic heterocycles. The standard InChI is InChI=1S/C24H35N3O2S3/c1-5-6-7-8-11-15-27(18-25-20-12-9-10-13-21(20)30-4)16-14-19-17-31-23(26-19)32-24(2,3)22(28)29/h9-10,12-13,17-18H,5-8,11,14-16H2,1-4H3,(H,28,29). The molecule has 8 heteroatoms. The Labute approximate surface area is 205 Å². The second-order valence-electron chi connectivity index (χ2n) is 8.14. The van der Waals surface area contributed by atoms with E-state index in [0.29, 0.717) is 0 Å². The molecule has 0 radical (unpaired) electrons. The molecule has 0 spiro atoms. The summed E-state index contributed by atoms with van der Waals surface area (Å²) in [5, 5.41) is 11.4. The molecule has 0 unspecified atom stereocenters. The van der Waals surface area contributed by atoms with E-state index >= 15 is 0 Å². The number of thiazole rings is 1. The van der Waals surface area contributed by atoms with Crippen LogP contribution in [0.1, 0.15) is 58.6 Å². The van der Waals surface area contributed by atoms with E-state index in [2.05, 4.69) is 35.2 Å². The van der Waals surface area contributed by atoms with Gasteiger partial charge in [-0.3, -0.25) is 4.79 Å². The molecule has 0 fully saturated rings. The molecule has 0 aliphatic rings. The summed E-state index contributed by atoms with van der Waals surface area (Å²) in [5.74, 6) is -0.824. The van der Waals surface area contributed by atoms with Crippen molar-refractivity contribution in [2.24, 2.45) is 4.99 Å². The van der Waals surface area contributed by atoms with Crippen LogP contribution in [0.2, 0.25) is 0 Å². The first-order valence-corrected chi connectivity index (χ1v) is 14.1. The van der Waals surface area contributed by atoms with Crippen LogP contribution < -0.4 is 0 Å². The van der Waals surface area contributed by atoms with Crippen LogP contribution in [0, 0.1) is 0 Å². The van der Waals surface area contributed by atoms with Crippen LogP contribution >= 0.6 is 34.9 Å². The lowest BCUT2D eigenvalue weighted by molar-refractivity contribution is -0.138. The van der Waals surface area contributed by atoms with Gasteiger partial charge in [0.05, 0.1) is 17.7 Å². The number of carbonyl (C=O) groups is 1. The highest BCUT2D eigenvalue weighted by molar-refractivity contribution is 8.03. The van der Waals surface area contributed by atoms with Gasteiger partial charge in [-0.15, -0.1) is 23.1 Å². The summed E-state index contributed by atoms with van der Waals surface area (Å²) >= 11 is 4.54. The summed E-state index contributed by atoms with van der Waals surface area (Å²) in [6.07, 6.45) is 11.1. The molecule has 1 heterocycles. The summed E-state index contributed by atoms with van der Waals surface area (Å²) in [6.45, 7) is 7.48. The molecule has 0 aliphatic carbocycles. The number of unbranched alkanes of at least 4 members (excludes halogenated alkanes) is 4. The third-order valence-corrected chi connectivity index (χ3v) is 7.99. The molecule has 1 aromatic carbocycles. The fraction of sp³-hybridized carbons (Fsp3) is 0.542. The second-order valence-corrected chi connectivity index (χ2v) is 11.7. The zero-order chi connectivity index (χ0) is 23.4. The fourth-order valence-electron chi connectivity index (χ4n) is 3.00. The molecule has 32 heavy (non-hydrogen) atoms. The zero-order valence-corrected chi connectivity index (χ0v) is 22.0. The number of hydrogen-bond acceptors (Lipinski definition) is 6. The lowest BCUT2D eigenvalue weighted by Gasteiger charge is -2.19. The topological polar surface area (TPSA) is 65.8 Å². The number of carboxylic acids is 1. The maximum atomic E-state index is 11.4. The first-order chi connectivity index (χ1) is 15.4. The van der Waals surface area contributed by atoms with Crippen LogP contribution in [-0.4, -0.2) is 51.4 Å². The van der Waals surface area contributed by atoms with Gasteiger partial charge in [-0.1, -0.05) is 56.5 Å². The maximum absolute atomic E-state index is 11.4. The van der Waals surface area contributed by atoms with Crippen molar-refractivity contribution < 1.29 is 9.90 Å². The highest BCUT2D eigenvalue weighted by Crippen LogP contribution is 2.34. The van der Waals surface area contributed by atoms with Crippen molar-refractivity contribution in [2.45, 2.75) is 73.3 Å². The summed E-state index contributed by atoms with van der Waals surface area (Å²) in [4.78, 5) is 24.3. The number of rotatable bonds is 15. The van der Waals surface area contributed by atoms with Crippen molar-refractivity contribution in [3.8, 4) is 0 Å². The van der Waals surface area contributed by atoms with Crippen LogP contribution in [-0.2, 0) is 11.2 Å². The number of nitrogens with zero attached hydrogens (tertiary/aromatic N) is 3. The molecule has 0 atom stereocenters. The largest absolute Gasteiger partial charge is 0.480 e. The molecule has 0 saturated heterocycles. The highest BCUT2D eigenvalue weighted by atomic mass is 32.2. The molecule has 2 aromatic rings. The lowest BCUT2D eigenvalue weighted by Crippen LogP contribution is -2.27. The smallest absolute Gasteiger partial charge is 0.319 e. The van der Waals surface area contributed by atoms with Crippen LogP contribution in [0.3, 0.4) is 0 Å². The predicted molar refractivity (Wildman–Crippen MR) is 140 cm³/mol. The van der Waals surface area contributed by atoms with E-state index < -0.39 is 10.7 Å². The van der Waals surface area contributed by atoms with E-state index in [4.69, 9.17) is 4.99 Å². The first kappa shape index (κ1) is 26.7. The molecule has 0 amide bonds. The van der Waals surface area contributed by atoms with Crippen molar-refractivity contribution in [1.29, 1.82) is 0 Å². The van der Waals surface area contributed by atoms with Crippen molar-refractivity contribution in [1.82, 2.24) is 9.88 Å². The molecule has 0 bridgehead atoms. The Morgan fingerprint density at radius 3 is 2.69 bits per heavy atom. The van der Waals surface area contributed by atoms with Gasteiger partial charge in [-0.25, -0.2) is 9.98 Å². The average molecular weight is 494 g/mol. The predicted octanol–water partition coefficient (Wildman–Crippen LogP) is 7.00. The van der Waals surface area contributed by atoms with Gasteiger partial charge in [-0.2, -0.15) is 0 Å². The molecule has 0 saturated carbocycles. The van der Waals surface area contributed by atoms with Crippen LogP contribution in [0.25, 0.3) is 0 Å². The van der Waals surface area contributed by atoms with Gasteiger partial charge in [0.25, 0.3) is 0 Å². The minimum absolute atomic E-state index is 0.807. The Hall–Kier alpha value is -1.51. The minimum Gasteiger partial charge on any atom is -0.480 e. The SMILES string of the molecule is CCCCCCCN(C=Nc1ccccc1SC)CCc1csc(SC(C)(C)C(=O)O)n1. The third-order valence-electron chi connectivity index (χ3n) is 5.04. The van der Waals surface area contributed by atoms with Crippen molar-refractivity contribution >= 4 is 52.9 Å². The van der Waals surface area contributed by atoms with E-state index in [0.717, 1.165) is 41.7 Å². The van der Waals surface area contributed by atoms with Crippen molar-refractivity contribution in [2.75, 3.05) is 19.3 Å². The van der Waals surface area contributed by atoms with Crippen molar-refractivity contribution in [3.05, 3.63) is 35.3 Å². The molecule has 176 valence electrons. The van der Waals surface area contributed by atoms with Gasteiger partial charge in [-0.05, 0) is 38.7 Å². The van der Waals surface area contributed by atoms with Gasteiger partial charge >= 0.3 is 5.97 Å². The highest BCUT2D eigenvalue weighted by Gasteiger charge is 2.29. The maximum Gasteiger partial charge on any atom is 0.319 e. The normalized spacial score (nSPS) is 11.9. The molecule has 2 rings (SSSR count). The number of carboxylic acid groups (broad SMARTS) is 1. The number of benzene rings is 1. The minimum atomic E-state index is -0.878.